The molecule has 4 atom stereocenters. The molecule has 1 aromatic carbocycles. The van der Waals surface area contributed by atoms with E-state index in [1.165, 1.54) is 57.1 Å². The molecular weight excluding hydrogens is 334 g/mol. The third kappa shape index (κ3) is 4.50. The SMILES string of the molecule is CCCC1CCC2CC(COc3ccc(OCC)c(F)c3F)CCC2C1. The number of rotatable bonds is 7. The van der Waals surface area contributed by atoms with Crippen molar-refractivity contribution in [2.24, 2.45) is 23.7 Å². The van der Waals surface area contributed by atoms with E-state index in [1.54, 1.807) is 6.92 Å². The lowest BCUT2D eigenvalue weighted by Crippen LogP contribution is -2.33. The Bertz CT molecular complexity index is 590. The zero-order chi connectivity index (χ0) is 18.5. The molecule has 2 saturated carbocycles. The minimum Gasteiger partial charge on any atom is -0.491 e. The Kier molecular flexibility index (Phi) is 6.77. The van der Waals surface area contributed by atoms with Gasteiger partial charge in [0.15, 0.2) is 11.5 Å². The van der Waals surface area contributed by atoms with Crippen LogP contribution in [-0.2, 0) is 0 Å². The van der Waals surface area contributed by atoms with Gasteiger partial charge in [0.25, 0.3) is 0 Å². The Morgan fingerprint density at radius 3 is 2.04 bits per heavy atom. The fourth-order valence-electron chi connectivity index (χ4n) is 5.01. The summed E-state index contributed by atoms with van der Waals surface area (Å²) in [6, 6.07) is 2.92. The molecule has 26 heavy (non-hydrogen) atoms. The Morgan fingerprint density at radius 1 is 0.846 bits per heavy atom. The van der Waals surface area contributed by atoms with Gasteiger partial charge in [0.1, 0.15) is 0 Å². The largest absolute Gasteiger partial charge is 0.491 e. The van der Waals surface area contributed by atoms with E-state index < -0.39 is 11.6 Å². The van der Waals surface area contributed by atoms with Gasteiger partial charge in [0.05, 0.1) is 13.2 Å². The minimum atomic E-state index is -0.956. The summed E-state index contributed by atoms with van der Waals surface area (Å²) in [7, 11) is 0. The fraction of sp³-hybridized carbons (Fsp3) is 0.727. The van der Waals surface area contributed by atoms with Crippen molar-refractivity contribution in [2.45, 2.75) is 65.2 Å². The second-order valence-electron chi connectivity index (χ2n) is 8.10. The van der Waals surface area contributed by atoms with Gasteiger partial charge in [0, 0.05) is 0 Å². The zero-order valence-corrected chi connectivity index (χ0v) is 16.1. The lowest BCUT2D eigenvalue weighted by molar-refractivity contribution is 0.0739. The van der Waals surface area contributed by atoms with E-state index in [0.29, 0.717) is 19.1 Å². The van der Waals surface area contributed by atoms with Crippen LogP contribution in [-0.4, -0.2) is 13.2 Å². The molecule has 0 radical (unpaired) electrons. The van der Waals surface area contributed by atoms with Crippen molar-refractivity contribution in [1.82, 2.24) is 0 Å². The molecule has 4 heteroatoms. The van der Waals surface area contributed by atoms with Gasteiger partial charge in [-0.05, 0) is 74.8 Å². The maximum absolute atomic E-state index is 14.1. The Balaban J connectivity index is 1.52. The molecule has 0 heterocycles. The highest BCUT2D eigenvalue weighted by Gasteiger charge is 2.35. The van der Waals surface area contributed by atoms with Crippen molar-refractivity contribution in [2.75, 3.05) is 13.2 Å². The summed E-state index contributed by atoms with van der Waals surface area (Å²) in [5.41, 5.74) is 0. The highest BCUT2D eigenvalue weighted by atomic mass is 19.2. The second kappa shape index (κ2) is 9.05. The van der Waals surface area contributed by atoms with E-state index in [0.717, 1.165) is 24.2 Å². The van der Waals surface area contributed by atoms with Crippen LogP contribution in [0.15, 0.2) is 12.1 Å². The summed E-state index contributed by atoms with van der Waals surface area (Å²) in [5.74, 6) is 1.10. The first-order valence-electron chi connectivity index (χ1n) is 10.4. The molecule has 0 bridgehead atoms. The molecule has 2 fully saturated rings. The first kappa shape index (κ1) is 19.4. The van der Waals surface area contributed by atoms with Crippen molar-refractivity contribution in [1.29, 1.82) is 0 Å². The summed E-state index contributed by atoms with van der Waals surface area (Å²) in [6.07, 6.45) is 10.3. The van der Waals surface area contributed by atoms with Gasteiger partial charge in [0.2, 0.25) is 11.6 Å². The monoisotopic (exact) mass is 366 g/mol. The maximum Gasteiger partial charge on any atom is 0.204 e. The van der Waals surface area contributed by atoms with Crippen LogP contribution in [0.4, 0.5) is 8.78 Å². The zero-order valence-electron chi connectivity index (χ0n) is 16.1. The molecule has 4 unspecified atom stereocenters. The summed E-state index contributed by atoms with van der Waals surface area (Å²) in [4.78, 5) is 0. The topological polar surface area (TPSA) is 18.5 Å². The first-order valence-corrected chi connectivity index (χ1v) is 10.4. The normalized spacial score (nSPS) is 28.5. The van der Waals surface area contributed by atoms with Gasteiger partial charge >= 0.3 is 0 Å². The van der Waals surface area contributed by atoms with Crippen molar-refractivity contribution in [3.8, 4) is 11.5 Å². The summed E-state index contributed by atoms with van der Waals surface area (Å²) in [5, 5.41) is 0. The average molecular weight is 366 g/mol. The summed E-state index contributed by atoms with van der Waals surface area (Å²) >= 11 is 0. The molecule has 2 nitrogen and oxygen atoms in total. The van der Waals surface area contributed by atoms with Crippen molar-refractivity contribution >= 4 is 0 Å². The van der Waals surface area contributed by atoms with Crippen molar-refractivity contribution in [3.63, 3.8) is 0 Å². The Labute approximate surface area is 156 Å². The smallest absolute Gasteiger partial charge is 0.204 e. The van der Waals surface area contributed by atoms with Crippen molar-refractivity contribution in [3.05, 3.63) is 23.8 Å². The first-order chi connectivity index (χ1) is 12.6. The summed E-state index contributed by atoms with van der Waals surface area (Å²) < 4.78 is 38.8. The van der Waals surface area contributed by atoms with E-state index >= 15 is 0 Å². The van der Waals surface area contributed by atoms with Gasteiger partial charge in [-0.2, -0.15) is 8.78 Å². The van der Waals surface area contributed by atoms with Crippen LogP contribution in [0.5, 0.6) is 11.5 Å². The predicted molar refractivity (Wildman–Crippen MR) is 99.6 cm³/mol. The second-order valence-corrected chi connectivity index (χ2v) is 8.10. The quantitative estimate of drug-likeness (QED) is 0.558. The van der Waals surface area contributed by atoms with Gasteiger partial charge in [-0.3, -0.25) is 0 Å². The molecule has 146 valence electrons. The molecule has 0 spiro atoms. The van der Waals surface area contributed by atoms with Crippen LogP contribution in [0.1, 0.15) is 65.2 Å². The Hall–Kier alpha value is -1.32. The van der Waals surface area contributed by atoms with Gasteiger partial charge in [-0.1, -0.05) is 26.2 Å². The molecule has 1 aromatic rings. The molecular formula is C22H32F2O2. The van der Waals surface area contributed by atoms with Crippen LogP contribution >= 0.6 is 0 Å². The fourth-order valence-corrected chi connectivity index (χ4v) is 5.01. The number of hydrogen-bond donors (Lipinski definition) is 0. The molecule has 0 saturated heterocycles. The average Bonchev–Trinajstić information content (AvgIpc) is 2.65. The molecule has 0 aromatic heterocycles. The number of ether oxygens (including phenoxy) is 2. The number of halogens is 2. The molecule has 2 aliphatic carbocycles. The van der Waals surface area contributed by atoms with Gasteiger partial charge in [-0.15, -0.1) is 0 Å². The highest BCUT2D eigenvalue weighted by Crippen LogP contribution is 2.45. The molecule has 0 aliphatic heterocycles. The lowest BCUT2D eigenvalue weighted by atomic mass is 9.64. The number of benzene rings is 1. The number of hydrogen-bond acceptors (Lipinski definition) is 2. The van der Waals surface area contributed by atoms with Crippen LogP contribution in [0, 0.1) is 35.3 Å². The van der Waals surface area contributed by atoms with Crippen LogP contribution in [0.3, 0.4) is 0 Å². The molecule has 3 rings (SSSR count). The molecule has 0 N–H and O–H groups in total. The maximum atomic E-state index is 14.1. The van der Waals surface area contributed by atoms with Crippen molar-refractivity contribution < 1.29 is 18.3 Å². The third-order valence-electron chi connectivity index (χ3n) is 6.31. The molecule has 0 amide bonds. The number of fused-ring (bicyclic) bond motifs is 1. The lowest BCUT2D eigenvalue weighted by Gasteiger charge is -2.42. The van der Waals surface area contributed by atoms with E-state index in [9.17, 15) is 8.78 Å². The third-order valence-corrected chi connectivity index (χ3v) is 6.31. The minimum absolute atomic E-state index is 0.000250. The summed E-state index contributed by atoms with van der Waals surface area (Å²) in [6.45, 7) is 4.81. The van der Waals surface area contributed by atoms with Gasteiger partial charge in [-0.25, -0.2) is 0 Å². The van der Waals surface area contributed by atoms with E-state index in [2.05, 4.69) is 6.92 Å². The van der Waals surface area contributed by atoms with Gasteiger partial charge < -0.3 is 9.47 Å². The van der Waals surface area contributed by atoms with E-state index in [4.69, 9.17) is 9.47 Å². The standard InChI is InChI=1S/C22H32F2O2/c1-3-5-15-6-8-18-13-16(7-9-17(18)12-15)14-26-20-11-10-19(25-4-2)21(23)22(20)24/h10-11,15-18H,3-9,12-14H2,1-2H3. The Morgan fingerprint density at radius 2 is 1.42 bits per heavy atom. The van der Waals surface area contributed by atoms with Crippen LogP contribution < -0.4 is 9.47 Å². The predicted octanol–water partition coefficient (Wildman–Crippen LogP) is 6.38. The highest BCUT2D eigenvalue weighted by molar-refractivity contribution is 5.35. The van der Waals surface area contributed by atoms with E-state index in [1.807, 2.05) is 0 Å². The van der Waals surface area contributed by atoms with Crippen LogP contribution in [0.25, 0.3) is 0 Å². The van der Waals surface area contributed by atoms with Crippen LogP contribution in [0.2, 0.25) is 0 Å². The molecule has 2 aliphatic rings. The van der Waals surface area contributed by atoms with E-state index in [-0.39, 0.29) is 11.5 Å².